The zero-order chi connectivity index (χ0) is 18.1. The molecule has 0 unspecified atom stereocenters. The molecule has 0 aliphatic heterocycles. The van der Waals surface area contributed by atoms with E-state index in [1.54, 1.807) is 35.4 Å². The predicted molar refractivity (Wildman–Crippen MR) is 95.5 cm³/mol. The Morgan fingerprint density at radius 3 is 2.81 bits per heavy atom. The molecule has 1 aliphatic rings. The molecule has 7 nitrogen and oxygen atoms in total. The number of hydrogen-bond donors (Lipinski definition) is 3. The average molecular weight is 350 g/mol. The highest BCUT2D eigenvalue weighted by Crippen LogP contribution is 2.25. The van der Waals surface area contributed by atoms with Gasteiger partial charge in [-0.15, -0.1) is 0 Å². The molecule has 0 saturated heterocycles. The van der Waals surface area contributed by atoms with Gasteiger partial charge in [-0.1, -0.05) is 0 Å². The molecule has 3 aromatic rings. The van der Waals surface area contributed by atoms with Crippen LogP contribution < -0.4 is 5.32 Å². The summed E-state index contributed by atoms with van der Waals surface area (Å²) in [6.45, 7) is -0.110. The number of Topliss-reactive ketones (excluding diaryl/α,β-unsaturated/α-hetero) is 1. The van der Waals surface area contributed by atoms with Gasteiger partial charge in [0.05, 0.1) is 29.8 Å². The monoisotopic (exact) mass is 350 g/mol. The fourth-order valence-corrected chi connectivity index (χ4v) is 3.21. The number of aromatic nitrogens is 3. The van der Waals surface area contributed by atoms with E-state index in [4.69, 9.17) is 5.11 Å². The topological polar surface area (TPSA) is 100 Å². The van der Waals surface area contributed by atoms with Crippen molar-refractivity contribution >= 4 is 17.4 Å². The number of aliphatic hydroxyl groups is 1. The van der Waals surface area contributed by atoms with Crippen molar-refractivity contribution in [2.24, 2.45) is 0 Å². The van der Waals surface area contributed by atoms with Crippen molar-refractivity contribution < 1.29 is 14.7 Å². The Kier molecular flexibility index (Phi) is 4.14. The molecule has 1 amide bonds. The number of aliphatic hydroxyl groups excluding tert-OH is 1. The quantitative estimate of drug-likeness (QED) is 0.673. The molecular formula is C19H18N4O3. The van der Waals surface area contributed by atoms with Gasteiger partial charge in [0.15, 0.2) is 5.78 Å². The van der Waals surface area contributed by atoms with Crippen molar-refractivity contribution in [1.82, 2.24) is 14.5 Å². The van der Waals surface area contributed by atoms with Gasteiger partial charge in [0.25, 0.3) is 5.91 Å². The van der Waals surface area contributed by atoms with Crippen LogP contribution in [-0.2, 0) is 13.0 Å². The van der Waals surface area contributed by atoms with Gasteiger partial charge in [0.1, 0.15) is 0 Å². The second-order valence-corrected chi connectivity index (χ2v) is 6.26. The van der Waals surface area contributed by atoms with Gasteiger partial charge in [0.2, 0.25) is 0 Å². The fraction of sp³-hybridized carbons (Fsp3) is 0.211. The second kappa shape index (κ2) is 6.61. The molecule has 2 aromatic heterocycles. The van der Waals surface area contributed by atoms with Crippen molar-refractivity contribution in [3.8, 4) is 5.69 Å². The maximum absolute atomic E-state index is 12.6. The molecule has 7 heteroatoms. The number of amides is 1. The average Bonchev–Trinajstić information content (AvgIpc) is 3.30. The summed E-state index contributed by atoms with van der Waals surface area (Å²) in [5, 5.41) is 11.9. The Bertz CT molecular complexity index is 969. The number of imidazole rings is 1. The first kappa shape index (κ1) is 16.3. The van der Waals surface area contributed by atoms with Crippen LogP contribution in [0.4, 0.5) is 5.69 Å². The van der Waals surface area contributed by atoms with Crippen molar-refractivity contribution in [2.45, 2.75) is 25.9 Å². The number of hydrogen-bond acceptors (Lipinski definition) is 4. The van der Waals surface area contributed by atoms with Gasteiger partial charge in [-0.05, 0) is 37.1 Å². The van der Waals surface area contributed by atoms with E-state index in [0.29, 0.717) is 28.9 Å². The summed E-state index contributed by atoms with van der Waals surface area (Å²) in [7, 11) is 0. The van der Waals surface area contributed by atoms with Crippen molar-refractivity contribution in [3.63, 3.8) is 0 Å². The SMILES string of the molecule is O=C(Nc1ccc(-n2cnc(CO)c2)cc1)c1c[nH]c2c1C(=O)CCC2. The first-order valence-corrected chi connectivity index (χ1v) is 8.44. The third-order valence-electron chi connectivity index (χ3n) is 4.54. The molecule has 132 valence electrons. The molecule has 4 rings (SSSR count). The lowest BCUT2D eigenvalue weighted by Crippen LogP contribution is -2.17. The number of aromatic amines is 1. The molecular weight excluding hydrogens is 332 g/mol. The Labute approximate surface area is 149 Å². The van der Waals surface area contributed by atoms with E-state index in [9.17, 15) is 9.59 Å². The highest BCUT2D eigenvalue weighted by atomic mass is 16.3. The molecule has 0 saturated carbocycles. The summed E-state index contributed by atoms with van der Waals surface area (Å²) in [5.41, 5.74) is 3.87. The number of aryl methyl sites for hydroxylation is 1. The van der Waals surface area contributed by atoms with Crippen LogP contribution in [-0.4, -0.2) is 31.3 Å². The van der Waals surface area contributed by atoms with Crippen LogP contribution in [0.1, 0.15) is 44.9 Å². The Hall–Kier alpha value is -3.19. The molecule has 0 atom stereocenters. The largest absolute Gasteiger partial charge is 0.390 e. The van der Waals surface area contributed by atoms with E-state index in [1.807, 2.05) is 12.1 Å². The number of fused-ring (bicyclic) bond motifs is 1. The van der Waals surface area contributed by atoms with Crippen LogP contribution in [0, 0.1) is 0 Å². The van der Waals surface area contributed by atoms with E-state index in [2.05, 4.69) is 15.3 Å². The minimum absolute atomic E-state index is 0.0211. The number of carbonyl (C=O) groups excluding carboxylic acids is 2. The lowest BCUT2D eigenvalue weighted by Gasteiger charge is -2.12. The van der Waals surface area contributed by atoms with Crippen LogP contribution in [0.3, 0.4) is 0 Å². The zero-order valence-electron chi connectivity index (χ0n) is 14.0. The van der Waals surface area contributed by atoms with Crippen LogP contribution in [0.15, 0.2) is 43.0 Å². The summed E-state index contributed by atoms with van der Waals surface area (Å²) in [4.78, 5) is 31.8. The van der Waals surface area contributed by atoms with E-state index in [0.717, 1.165) is 24.2 Å². The number of ketones is 1. The van der Waals surface area contributed by atoms with Gasteiger partial charge < -0.3 is 20.0 Å². The Balaban J connectivity index is 1.52. The lowest BCUT2D eigenvalue weighted by molar-refractivity contribution is 0.0956. The molecule has 1 aliphatic carbocycles. The highest BCUT2D eigenvalue weighted by Gasteiger charge is 2.25. The van der Waals surface area contributed by atoms with Crippen molar-refractivity contribution in [3.05, 3.63) is 65.5 Å². The maximum Gasteiger partial charge on any atom is 0.257 e. The smallest absolute Gasteiger partial charge is 0.257 e. The van der Waals surface area contributed by atoms with Crippen LogP contribution >= 0.6 is 0 Å². The maximum atomic E-state index is 12.6. The number of carbonyl (C=O) groups is 2. The Morgan fingerprint density at radius 2 is 2.08 bits per heavy atom. The van der Waals surface area contributed by atoms with E-state index in [1.165, 1.54) is 0 Å². The van der Waals surface area contributed by atoms with E-state index >= 15 is 0 Å². The fourth-order valence-electron chi connectivity index (χ4n) is 3.21. The van der Waals surface area contributed by atoms with E-state index in [-0.39, 0.29) is 18.3 Å². The van der Waals surface area contributed by atoms with Gasteiger partial charge in [-0.2, -0.15) is 0 Å². The molecule has 3 N–H and O–H groups in total. The highest BCUT2D eigenvalue weighted by molar-refractivity contribution is 6.13. The number of H-pyrrole nitrogens is 1. The number of anilines is 1. The molecule has 2 heterocycles. The summed E-state index contributed by atoms with van der Waals surface area (Å²) in [6.07, 6.45) is 7.08. The number of nitrogens with zero attached hydrogens (tertiary/aromatic N) is 2. The minimum Gasteiger partial charge on any atom is -0.390 e. The number of benzene rings is 1. The standard InChI is InChI=1S/C19H18N4O3/c24-10-13-9-23(11-21-13)14-6-4-12(5-7-14)22-19(26)15-8-20-16-2-1-3-17(25)18(15)16/h4-9,11,20,24H,1-3,10H2,(H,22,26). The molecule has 26 heavy (non-hydrogen) atoms. The molecule has 0 bridgehead atoms. The van der Waals surface area contributed by atoms with Gasteiger partial charge in [0, 0.05) is 35.9 Å². The summed E-state index contributed by atoms with van der Waals surface area (Å²) < 4.78 is 1.79. The van der Waals surface area contributed by atoms with Gasteiger partial charge >= 0.3 is 0 Å². The Morgan fingerprint density at radius 1 is 1.27 bits per heavy atom. The summed E-state index contributed by atoms with van der Waals surface area (Å²) in [5.74, 6) is -0.275. The minimum atomic E-state index is -0.296. The van der Waals surface area contributed by atoms with Crippen molar-refractivity contribution in [2.75, 3.05) is 5.32 Å². The molecule has 0 fully saturated rings. The zero-order valence-corrected chi connectivity index (χ0v) is 14.0. The first-order valence-electron chi connectivity index (χ1n) is 8.44. The second-order valence-electron chi connectivity index (χ2n) is 6.26. The van der Waals surface area contributed by atoms with Gasteiger partial charge in [-0.3, -0.25) is 9.59 Å². The number of rotatable bonds is 4. The normalized spacial score (nSPS) is 13.5. The molecule has 0 radical (unpaired) electrons. The summed E-state index contributed by atoms with van der Waals surface area (Å²) in [6, 6.07) is 7.26. The third kappa shape index (κ3) is 2.93. The predicted octanol–water partition coefficient (Wildman–Crippen LogP) is 2.46. The first-order chi connectivity index (χ1) is 12.7. The number of nitrogens with one attached hydrogen (secondary N) is 2. The molecule has 0 spiro atoms. The van der Waals surface area contributed by atoms with Gasteiger partial charge in [-0.25, -0.2) is 4.98 Å². The third-order valence-corrected chi connectivity index (χ3v) is 4.54. The van der Waals surface area contributed by atoms with Crippen LogP contribution in [0.2, 0.25) is 0 Å². The van der Waals surface area contributed by atoms with E-state index < -0.39 is 0 Å². The van der Waals surface area contributed by atoms with Crippen molar-refractivity contribution in [1.29, 1.82) is 0 Å². The summed E-state index contributed by atoms with van der Waals surface area (Å²) >= 11 is 0. The lowest BCUT2D eigenvalue weighted by atomic mass is 9.93. The molecule has 1 aromatic carbocycles. The van der Waals surface area contributed by atoms with Crippen LogP contribution in [0.25, 0.3) is 5.69 Å². The van der Waals surface area contributed by atoms with Crippen LogP contribution in [0.5, 0.6) is 0 Å².